The zero-order valence-corrected chi connectivity index (χ0v) is 14.5. The highest BCUT2D eigenvalue weighted by Gasteiger charge is 2.56. The molecule has 4 rings (SSSR count). The number of rotatable bonds is 1. The Hall–Kier alpha value is -1.35. The van der Waals surface area contributed by atoms with Crippen LogP contribution in [0.2, 0.25) is 0 Å². The monoisotopic (exact) mass is 330 g/mol. The fraction of sp³-hybridized carbons (Fsp3) is 0.619. The molecule has 0 aromatic heterocycles. The molecular formula is C21H27FO2. The summed E-state index contributed by atoms with van der Waals surface area (Å²) >= 11 is 0. The lowest BCUT2D eigenvalue weighted by Crippen LogP contribution is -2.42. The zero-order chi connectivity index (χ0) is 17.1. The van der Waals surface area contributed by atoms with Crippen molar-refractivity contribution in [1.82, 2.24) is 0 Å². The fourth-order valence-electron chi connectivity index (χ4n) is 6.21. The number of hydrogen-bond donors (Lipinski definition) is 2. The molecule has 0 unspecified atom stereocenters. The molecule has 1 aromatic carbocycles. The van der Waals surface area contributed by atoms with Crippen LogP contribution in [0.25, 0.3) is 0 Å². The van der Waals surface area contributed by atoms with Crippen LogP contribution < -0.4 is 0 Å². The highest BCUT2D eigenvalue weighted by Crippen LogP contribution is 2.63. The Morgan fingerprint density at radius 1 is 1.33 bits per heavy atom. The molecule has 0 aliphatic heterocycles. The molecular weight excluding hydrogens is 303 g/mol. The van der Waals surface area contributed by atoms with Crippen LogP contribution in [0.5, 0.6) is 5.75 Å². The molecule has 6 atom stereocenters. The molecule has 0 saturated heterocycles. The van der Waals surface area contributed by atoms with E-state index in [0.29, 0.717) is 23.5 Å². The van der Waals surface area contributed by atoms with Gasteiger partial charge in [-0.2, -0.15) is 0 Å². The summed E-state index contributed by atoms with van der Waals surface area (Å²) in [6, 6.07) is 5.79. The molecule has 2 nitrogen and oxygen atoms in total. The second-order valence-corrected chi connectivity index (χ2v) is 8.51. The molecule has 2 saturated carbocycles. The van der Waals surface area contributed by atoms with Gasteiger partial charge in [-0.15, -0.1) is 0 Å². The number of phenols is 1. The van der Waals surface area contributed by atoms with Crippen molar-refractivity contribution >= 4 is 0 Å². The molecule has 130 valence electrons. The van der Waals surface area contributed by atoms with Gasteiger partial charge in [-0.05, 0) is 91.5 Å². The molecule has 0 spiro atoms. The first-order valence-electron chi connectivity index (χ1n) is 9.23. The first kappa shape index (κ1) is 16.1. The maximum absolute atomic E-state index is 13.6. The van der Waals surface area contributed by atoms with Crippen LogP contribution in [0.15, 0.2) is 30.1 Å². The first-order chi connectivity index (χ1) is 11.4. The fourth-order valence-corrected chi connectivity index (χ4v) is 6.21. The van der Waals surface area contributed by atoms with Crippen LogP contribution in [0, 0.1) is 23.2 Å². The van der Waals surface area contributed by atoms with Gasteiger partial charge in [0.25, 0.3) is 0 Å². The Kier molecular flexibility index (Phi) is 3.76. The van der Waals surface area contributed by atoms with Gasteiger partial charge in [0.1, 0.15) is 5.75 Å². The number of aliphatic hydroxyl groups is 1. The van der Waals surface area contributed by atoms with E-state index >= 15 is 0 Å². The van der Waals surface area contributed by atoms with Gasteiger partial charge in [0.2, 0.25) is 0 Å². The second kappa shape index (κ2) is 5.59. The predicted octanol–water partition coefficient (Wildman–Crippen LogP) is 4.71. The predicted molar refractivity (Wildman–Crippen MR) is 92.5 cm³/mol. The van der Waals surface area contributed by atoms with Gasteiger partial charge in [-0.25, -0.2) is 4.39 Å². The minimum atomic E-state index is -0.425. The number of hydrogen-bond acceptors (Lipinski definition) is 2. The Bertz CT molecular complexity index is 678. The minimum Gasteiger partial charge on any atom is -0.508 e. The largest absolute Gasteiger partial charge is 0.508 e. The van der Waals surface area contributed by atoms with Crippen molar-refractivity contribution in [2.45, 2.75) is 58.0 Å². The van der Waals surface area contributed by atoms with Crippen molar-refractivity contribution in [3.8, 4) is 5.75 Å². The smallest absolute Gasteiger partial charge is 0.115 e. The summed E-state index contributed by atoms with van der Waals surface area (Å²) < 4.78 is 13.6. The lowest BCUT2D eigenvalue weighted by molar-refractivity contribution is 0.0426. The Labute approximate surface area is 143 Å². The van der Waals surface area contributed by atoms with E-state index in [-0.39, 0.29) is 17.2 Å². The van der Waals surface area contributed by atoms with E-state index in [1.165, 1.54) is 18.1 Å². The highest BCUT2D eigenvalue weighted by molar-refractivity contribution is 5.40. The molecule has 3 aliphatic rings. The molecule has 3 aliphatic carbocycles. The molecule has 0 heterocycles. The summed E-state index contributed by atoms with van der Waals surface area (Å²) in [5, 5.41) is 20.4. The van der Waals surface area contributed by atoms with Crippen LogP contribution >= 0.6 is 0 Å². The molecule has 1 aromatic rings. The average molecular weight is 330 g/mol. The second-order valence-electron chi connectivity index (χ2n) is 8.51. The molecule has 24 heavy (non-hydrogen) atoms. The van der Waals surface area contributed by atoms with Crippen molar-refractivity contribution in [3.63, 3.8) is 0 Å². The Morgan fingerprint density at radius 2 is 2.12 bits per heavy atom. The zero-order valence-electron chi connectivity index (χ0n) is 14.5. The molecule has 0 bridgehead atoms. The van der Waals surface area contributed by atoms with E-state index in [1.54, 1.807) is 12.1 Å². The molecule has 0 amide bonds. The third kappa shape index (κ3) is 2.40. The number of allylic oxidation sites excluding steroid dienone is 1. The number of aryl methyl sites for hydroxylation is 1. The van der Waals surface area contributed by atoms with Crippen LogP contribution in [0.1, 0.15) is 56.6 Å². The molecule has 3 heteroatoms. The van der Waals surface area contributed by atoms with Gasteiger partial charge in [-0.1, -0.05) is 13.0 Å². The number of halogens is 1. The van der Waals surface area contributed by atoms with E-state index in [1.807, 2.05) is 6.07 Å². The first-order valence-corrected chi connectivity index (χ1v) is 9.23. The summed E-state index contributed by atoms with van der Waals surface area (Å²) in [7, 11) is 0. The number of aromatic hydroxyl groups is 1. The standard InChI is InChI=1S/C21H27FO2/c1-12(22)9-18-19(24)11-21(2)8-7-16-15-6-4-14(23)10-13(15)3-5-17(16)20(18)21/h4,6,9-10,16-20,23-24H,3,5,7-8,11H2,1-2H3/t16-,17-,18-,19+,20-,21-/m1/s1. The van der Waals surface area contributed by atoms with Gasteiger partial charge in [0.15, 0.2) is 0 Å². The summed E-state index contributed by atoms with van der Waals surface area (Å²) in [4.78, 5) is 0. The van der Waals surface area contributed by atoms with Crippen LogP contribution in [0.3, 0.4) is 0 Å². The number of benzene rings is 1. The van der Waals surface area contributed by atoms with Crippen molar-refractivity contribution in [1.29, 1.82) is 0 Å². The van der Waals surface area contributed by atoms with E-state index in [2.05, 4.69) is 13.0 Å². The number of aliphatic hydroxyl groups excluding tert-OH is 1. The van der Waals surface area contributed by atoms with Crippen molar-refractivity contribution in [2.75, 3.05) is 0 Å². The van der Waals surface area contributed by atoms with E-state index in [4.69, 9.17) is 0 Å². The quantitative estimate of drug-likeness (QED) is 0.783. The van der Waals surface area contributed by atoms with Gasteiger partial charge in [0, 0.05) is 5.92 Å². The van der Waals surface area contributed by atoms with Crippen LogP contribution in [-0.2, 0) is 6.42 Å². The SMILES string of the molecule is CC(F)=C[C@H]1[C@H]2[C@@H]3CCc4cc(O)ccc4[C@H]3CC[C@]2(C)C[C@@H]1O. The Morgan fingerprint density at radius 3 is 2.88 bits per heavy atom. The lowest BCUT2D eigenvalue weighted by atomic mass is 9.54. The lowest BCUT2D eigenvalue weighted by Gasteiger charge is -2.50. The summed E-state index contributed by atoms with van der Waals surface area (Å²) in [5.74, 6) is 1.43. The van der Waals surface area contributed by atoms with Crippen molar-refractivity contribution < 1.29 is 14.6 Å². The summed E-state index contributed by atoms with van der Waals surface area (Å²) in [6.07, 6.45) is 6.31. The van der Waals surface area contributed by atoms with E-state index < -0.39 is 6.10 Å². The van der Waals surface area contributed by atoms with Gasteiger partial charge in [-0.3, -0.25) is 0 Å². The topological polar surface area (TPSA) is 40.5 Å². The van der Waals surface area contributed by atoms with Crippen molar-refractivity contribution in [3.05, 3.63) is 41.2 Å². The Balaban J connectivity index is 1.73. The van der Waals surface area contributed by atoms with Gasteiger partial charge in [0.05, 0.1) is 11.9 Å². The minimum absolute atomic E-state index is 0.0635. The summed E-state index contributed by atoms with van der Waals surface area (Å²) in [5.41, 5.74) is 2.75. The van der Waals surface area contributed by atoms with Gasteiger partial charge < -0.3 is 10.2 Å². The summed E-state index contributed by atoms with van der Waals surface area (Å²) in [6.45, 7) is 3.78. The normalized spacial score (nSPS) is 41.5. The highest BCUT2D eigenvalue weighted by atomic mass is 19.1. The molecule has 2 fully saturated rings. The third-order valence-electron chi connectivity index (χ3n) is 7.04. The maximum atomic E-state index is 13.6. The van der Waals surface area contributed by atoms with Crippen LogP contribution in [0.4, 0.5) is 4.39 Å². The van der Waals surface area contributed by atoms with E-state index in [0.717, 1.165) is 32.1 Å². The van der Waals surface area contributed by atoms with Crippen LogP contribution in [-0.4, -0.2) is 16.3 Å². The van der Waals surface area contributed by atoms with Gasteiger partial charge >= 0.3 is 0 Å². The number of phenolic OH excluding ortho intramolecular Hbond substituents is 1. The van der Waals surface area contributed by atoms with E-state index in [9.17, 15) is 14.6 Å². The maximum Gasteiger partial charge on any atom is 0.115 e. The third-order valence-corrected chi connectivity index (χ3v) is 7.04. The number of fused-ring (bicyclic) bond motifs is 5. The molecule has 0 radical (unpaired) electrons. The average Bonchev–Trinajstić information content (AvgIpc) is 2.76. The van der Waals surface area contributed by atoms with Crippen molar-refractivity contribution in [2.24, 2.45) is 23.2 Å². The molecule has 2 N–H and O–H groups in total.